The van der Waals surface area contributed by atoms with Gasteiger partial charge in [0.1, 0.15) is 6.61 Å². The number of rotatable bonds is 7. The molecule has 4 rings (SSSR count). The summed E-state index contributed by atoms with van der Waals surface area (Å²) in [6, 6.07) is 21.6. The number of esters is 1. The van der Waals surface area contributed by atoms with Gasteiger partial charge in [-0.05, 0) is 75.5 Å². The minimum Gasteiger partial charge on any atom is -0.493 e. The molecule has 6 heteroatoms. The van der Waals surface area contributed by atoms with Gasteiger partial charge in [0.05, 0.1) is 10.7 Å². The first kappa shape index (κ1) is 23.0. The maximum absolute atomic E-state index is 12.4. The van der Waals surface area contributed by atoms with Crippen LogP contribution in [-0.4, -0.2) is 19.0 Å². The van der Waals surface area contributed by atoms with Crippen LogP contribution in [0, 0.1) is 3.57 Å². The van der Waals surface area contributed by atoms with E-state index in [9.17, 15) is 4.79 Å². The number of carbonyl (C=O) groups is 1. The highest BCUT2D eigenvalue weighted by atomic mass is 127. The molecule has 1 aliphatic heterocycles. The molecule has 0 unspecified atom stereocenters. The summed E-state index contributed by atoms with van der Waals surface area (Å²) in [7, 11) is 1.60. The molecular weight excluding hydrogens is 529 g/mol. The van der Waals surface area contributed by atoms with E-state index in [0.29, 0.717) is 29.9 Å². The number of hydrogen-bond donors (Lipinski definition) is 0. The third-order valence-electron chi connectivity index (χ3n) is 5.23. The zero-order valence-electron chi connectivity index (χ0n) is 18.7. The van der Waals surface area contributed by atoms with Crippen LogP contribution in [0.25, 0.3) is 6.08 Å². The molecule has 0 fully saturated rings. The van der Waals surface area contributed by atoms with Crippen molar-refractivity contribution in [1.29, 1.82) is 0 Å². The van der Waals surface area contributed by atoms with E-state index < -0.39 is 5.97 Å². The van der Waals surface area contributed by atoms with Gasteiger partial charge in [-0.1, -0.05) is 56.3 Å². The molecule has 0 bridgehead atoms. The first-order chi connectivity index (χ1) is 15.9. The molecule has 0 saturated heterocycles. The number of methoxy groups -OCH3 is 1. The van der Waals surface area contributed by atoms with Gasteiger partial charge < -0.3 is 14.2 Å². The standard InChI is InChI=1S/C27H24INO4/c1-17(2)20-9-11-21(12-10-20)26-29-23(27(30)33-26)14-19-13-22(28)25(24(15-19)31-3)32-16-18-7-5-4-6-8-18/h4-15,17H,16H2,1-3H3/b23-14-. The molecule has 3 aromatic carbocycles. The first-order valence-electron chi connectivity index (χ1n) is 10.6. The van der Waals surface area contributed by atoms with Crippen molar-refractivity contribution in [3.05, 3.63) is 98.3 Å². The molecule has 0 aliphatic carbocycles. The van der Waals surface area contributed by atoms with Crippen LogP contribution >= 0.6 is 22.6 Å². The van der Waals surface area contributed by atoms with Gasteiger partial charge in [0.15, 0.2) is 17.2 Å². The molecule has 0 spiro atoms. The van der Waals surface area contributed by atoms with Crippen LogP contribution in [0.4, 0.5) is 0 Å². The Labute approximate surface area is 207 Å². The third kappa shape index (κ3) is 5.45. The molecule has 168 valence electrons. The summed E-state index contributed by atoms with van der Waals surface area (Å²) in [6.45, 7) is 4.70. The highest BCUT2D eigenvalue weighted by Crippen LogP contribution is 2.35. The second-order valence-electron chi connectivity index (χ2n) is 7.92. The third-order valence-corrected chi connectivity index (χ3v) is 6.03. The lowest BCUT2D eigenvalue weighted by molar-refractivity contribution is -0.129. The summed E-state index contributed by atoms with van der Waals surface area (Å²) >= 11 is 2.20. The second-order valence-corrected chi connectivity index (χ2v) is 9.08. The molecule has 33 heavy (non-hydrogen) atoms. The van der Waals surface area contributed by atoms with Gasteiger partial charge in [0.25, 0.3) is 0 Å². The number of benzene rings is 3. The fourth-order valence-corrected chi connectivity index (χ4v) is 4.18. The van der Waals surface area contributed by atoms with E-state index in [1.165, 1.54) is 5.56 Å². The maximum atomic E-state index is 12.4. The number of aliphatic imine (C=N–C) groups is 1. The predicted octanol–water partition coefficient (Wildman–Crippen LogP) is 6.35. The van der Waals surface area contributed by atoms with E-state index in [-0.39, 0.29) is 5.70 Å². The number of halogens is 1. The molecular formula is C27H24INO4. The minimum absolute atomic E-state index is 0.244. The van der Waals surface area contributed by atoms with Crippen LogP contribution in [0.3, 0.4) is 0 Å². The van der Waals surface area contributed by atoms with Gasteiger partial charge >= 0.3 is 5.97 Å². The number of hydrogen-bond acceptors (Lipinski definition) is 5. The highest BCUT2D eigenvalue weighted by molar-refractivity contribution is 14.1. The lowest BCUT2D eigenvalue weighted by atomic mass is 10.0. The molecule has 3 aromatic rings. The average Bonchev–Trinajstić information content (AvgIpc) is 3.18. The minimum atomic E-state index is -0.476. The monoisotopic (exact) mass is 553 g/mol. The van der Waals surface area contributed by atoms with E-state index in [1.807, 2.05) is 66.7 Å². The zero-order valence-corrected chi connectivity index (χ0v) is 20.8. The van der Waals surface area contributed by atoms with Crippen LogP contribution in [0.5, 0.6) is 11.5 Å². The Morgan fingerprint density at radius 1 is 1.06 bits per heavy atom. The summed E-state index contributed by atoms with van der Waals surface area (Å²) in [6.07, 6.45) is 1.70. The van der Waals surface area contributed by atoms with Crippen molar-refractivity contribution in [2.75, 3.05) is 7.11 Å². The van der Waals surface area contributed by atoms with Crippen molar-refractivity contribution < 1.29 is 19.0 Å². The summed E-state index contributed by atoms with van der Waals surface area (Å²) in [5, 5.41) is 0. The Balaban J connectivity index is 1.57. The summed E-state index contributed by atoms with van der Waals surface area (Å²) in [5.74, 6) is 1.51. The quantitative estimate of drug-likeness (QED) is 0.195. The number of cyclic esters (lactones) is 1. The predicted molar refractivity (Wildman–Crippen MR) is 138 cm³/mol. The van der Waals surface area contributed by atoms with Gasteiger partial charge in [-0.2, -0.15) is 0 Å². The highest BCUT2D eigenvalue weighted by Gasteiger charge is 2.24. The fourth-order valence-electron chi connectivity index (χ4n) is 3.39. The van der Waals surface area contributed by atoms with E-state index in [2.05, 4.69) is 41.4 Å². The molecule has 1 heterocycles. The van der Waals surface area contributed by atoms with Crippen LogP contribution in [0.15, 0.2) is 77.4 Å². The van der Waals surface area contributed by atoms with Crippen molar-refractivity contribution in [3.63, 3.8) is 0 Å². The van der Waals surface area contributed by atoms with E-state index in [1.54, 1.807) is 13.2 Å². The Bertz CT molecular complexity index is 1210. The van der Waals surface area contributed by atoms with Crippen LogP contribution in [-0.2, 0) is 16.1 Å². The van der Waals surface area contributed by atoms with Crippen LogP contribution < -0.4 is 9.47 Å². The van der Waals surface area contributed by atoms with Crippen molar-refractivity contribution in [2.24, 2.45) is 4.99 Å². The molecule has 0 amide bonds. The molecule has 1 aliphatic rings. The molecule has 0 saturated carbocycles. The van der Waals surface area contributed by atoms with Gasteiger partial charge in [0, 0.05) is 5.56 Å². The Hall–Kier alpha value is -3.13. The van der Waals surface area contributed by atoms with E-state index in [4.69, 9.17) is 14.2 Å². The molecule has 0 N–H and O–H groups in total. The summed E-state index contributed by atoms with van der Waals surface area (Å²) < 4.78 is 17.9. The van der Waals surface area contributed by atoms with E-state index >= 15 is 0 Å². The number of nitrogens with zero attached hydrogens (tertiary/aromatic N) is 1. The fraction of sp³-hybridized carbons (Fsp3) is 0.185. The van der Waals surface area contributed by atoms with Crippen molar-refractivity contribution in [1.82, 2.24) is 0 Å². The van der Waals surface area contributed by atoms with Crippen LogP contribution in [0.2, 0.25) is 0 Å². The topological polar surface area (TPSA) is 57.1 Å². The Morgan fingerprint density at radius 2 is 1.79 bits per heavy atom. The maximum Gasteiger partial charge on any atom is 0.363 e. The molecule has 5 nitrogen and oxygen atoms in total. The molecule has 0 aromatic heterocycles. The van der Waals surface area contributed by atoms with Crippen molar-refractivity contribution >= 4 is 40.5 Å². The molecule has 0 radical (unpaired) electrons. The van der Waals surface area contributed by atoms with Gasteiger partial charge in [-0.25, -0.2) is 9.79 Å². The Kier molecular flexibility index (Phi) is 7.13. The van der Waals surface area contributed by atoms with E-state index in [0.717, 1.165) is 20.3 Å². The largest absolute Gasteiger partial charge is 0.493 e. The lowest BCUT2D eigenvalue weighted by Crippen LogP contribution is -2.05. The Morgan fingerprint density at radius 3 is 2.45 bits per heavy atom. The molecule has 0 atom stereocenters. The second kappa shape index (κ2) is 10.2. The number of ether oxygens (including phenoxy) is 3. The average molecular weight is 553 g/mol. The van der Waals surface area contributed by atoms with Gasteiger partial charge in [-0.3, -0.25) is 0 Å². The van der Waals surface area contributed by atoms with Crippen LogP contribution in [0.1, 0.15) is 42.0 Å². The van der Waals surface area contributed by atoms with Crippen molar-refractivity contribution in [2.45, 2.75) is 26.4 Å². The lowest BCUT2D eigenvalue weighted by Gasteiger charge is -2.13. The van der Waals surface area contributed by atoms with Gasteiger partial charge in [0.2, 0.25) is 5.90 Å². The smallest absolute Gasteiger partial charge is 0.363 e. The van der Waals surface area contributed by atoms with Crippen molar-refractivity contribution in [3.8, 4) is 11.5 Å². The SMILES string of the molecule is COc1cc(/C=C2\N=C(c3ccc(C(C)C)cc3)OC2=O)cc(I)c1OCc1ccccc1. The number of carbonyl (C=O) groups excluding carboxylic acids is 1. The summed E-state index contributed by atoms with van der Waals surface area (Å²) in [4.78, 5) is 16.9. The van der Waals surface area contributed by atoms with Gasteiger partial charge in [-0.15, -0.1) is 0 Å². The summed E-state index contributed by atoms with van der Waals surface area (Å²) in [5.41, 5.74) is 4.08. The zero-order chi connectivity index (χ0) is 23.4. The first-order valence-corrected chi connectivity index (χ1v) is 11.7. The normalized spacial score (nSPS) is 14.4.